The van der Waals surface area contributed by atoms with Gasteiger partial charge in [0.05, 0.1) is 5.69 Å². The lowest BCUT2D eigenvalue weighted by molar-refractivity contribution is -0.131. The Morgan fingerprint density at radius 3 is 2.54 bits per heavy atom. The van der Waals surface area contributed by atoms with Gasteiger partial charge in [-0.3, -0.25) is 4.79 Å². The molecule has 1 N–H and O–H groups in total. The summed E-state index contributed by atoms with van der Waals surface area (Å²) in [6, 6.07) is 11.7. The number of carbonyl (C=O) groups is 1. The number of amides is 1. The third kappa shape index (κ3) is 4.50. The van der Waals surface area contributed by atoms with Gasteiger partial charge in [-0.1, -0.05) is 12.1 Å². The molecule has 0 spiro atoms. The largest absolute Gasteiger partial charge is 0.382 e. The Kier molecular flexibility index (Phi) is 5.71. The minimum Gasteiger partial charge on any atom is -0.382 e. The van der Waals surface area contributed by atoms with Crippen molar-refractivity contribution in [1.82, 2.24) is 4.90 Å². The summed E-state index contributed by atoms with van der Waals surface area (Å²) in [6.07, 6.45) is 0.279. The molecule has 1 aliphatic rings. The Morgan fingerprint density at radius 2 is 1.85 bits per heavy atom. The second kappa shape index (κ2) is 8.17. The van der Waals surface area contributed by atoms with Gasteiger partial charge in [-0.2, -0.15) is 0 Å². The first-order chi connectivity index (χ1) is 12.5. The van der Waals surface area contributed by atoms with Gasteiger partial charge in [0, 0.05) is 50.9 Å². The summed E-state index contributed by atoms with van der Waals surface area (Å²) in [5.74, 6) is -1.22. The molecule has 1 amide bonds. The Labute approximate surface area is 152 Å². The van der Waals surface area contributed by atoms with Crippen LogP contribution in [-0.2, 0) is 4.79 Å². The van der Waals surface area contributed by atoms with Crippen molar-refractivity contribution in [2.75, 3.05) is 42.9 Å². The van der Waals surface area contributed by atoms with Crippen molar-refractivity contribution in [3.63, 3.8) is 0 Å². The number of aryl methyl sites for hydroxylation is 1. The predicted octanol–water partition coefficient (Wildman–Crippen LogP) is 3.42. The fourth-order valence-corrected chi connectivity index (χ4v) is 3.13. The van der Waals surface area contributed by atoms with Gasteiger partial charge in [0.25, 0.3) is 0 Å². The number of hydrogen-bond donors (Lipinski definition) is 1. The highest BCUT2D eigenvalue weighted by Crippen LogP contribution is 2.18. The number of nitrogens with one attached hydrogen (secondary N) is 1. The molecular formula is C20H23F2N3O. The number of nitrogens with zero attached hydrogens (tertiary/aromatic N) is 2. The van der Waals surface area contributed by atoms with E-state index in [4.69, 9.17) is 0 Å². The summed E-state index contributed by atoms with van der Waals surface area (Å²) in [4.78, 5) is 16.5. The monoisotopic (exact) mass is 359 g/mol. The van der Waals surface area contributed by atoms with Crippen molar-refractivity contribution >= 4 is 17.3 Å². The number of piperazine rings is 1. The first-order valence-corrected chi connectivity index (χ1v) is 8.81. The van der Waals surface area contributed by atoms with Gasteiger partial charge in [0.2, 0.25) is 5.91 Å². The first-order valence-electron chi connectivity index (χ1n) is 8.81. The minimum absolute atomic E-state index is 0.0453. The summed E-state index contributed by atoms with van der Waals surface area (Å²) in [5.41, 5.74) is 2.62. The number of carbonyl (C=O) groups excluding carboxylic acids is 1. The average Bonchev–Trinajstić information content (AvgIpc) is 2.63. The van der Waals surface area contributed by atoms with Gasteiger partial charge >= 0.3 is 0 Å². The summed E-state index contributed by atoms with van der Waals surface area (Å²) in [5, 5.41) is 2.85. The molecule has 0 aromatic heterocycles. The van der Waals surface area contributed by atoms with Crippen LogP contribution in [0.15, 0.2) is 42.5 Å². The minimum atomic E-state index is -0.649. The number of rotatable bonds is 5. The van der Waals surface area contributed by atoms with E-state index >= 15 is 0 Å². The fraction of sp³-hybridized carbons (Fsp3) is 0.350. The fourth-order valence-electron chi connectivity index (χ4n) is 3.13. The van der Waals surface area contributed by atoms with Crippen LogP contribution in [0.4, 0.5) is 20.2 Å². The molecule has 2 aromatic carbocycles. The normalized spacial score (nSPS) is 14.4. The molecule has 6 heteroatoms. The highest BCUT2D eigenvalue weighted by Gasteiger charge is 2.21. The molecule has 0 radical (unpaired) electrons. The molecule has 0 unspecified atom stereocenters. The Hall–Kier alpha value is -2.63. The molecular weight excluding hydrogens is 336 g/mol. The zero-order valence-corrected chi connectivity index (χ0v) is 14.8. The first kappa shape index (κ1) is 18.2. The summed E-state index contributed by atoms with van der Waals surface area (Å²) in [7, 11) is 0. The zero-order valence-electron chi connectivity index (χ0n) is 14.8. The number of hydrogen-bond acceptors (Lipinski definition) is 3. The van der Waals surface area contributed by atoms with Crippen molar-refractivity contribution in [3.8, 4) is 0 Å². The van der Waals surface area contributed by atoms with Crippen LogP contribution in [0.1, 0.15) is 12.0 Å². The molecule has 1 heterocycles. The van der Waals surface area contributed by atoms with E-state index in [2.05, 4.69) is 35.3 Å². The van der Waals surface area contributed by atoms with E-state index < -0.39 is 11.6 Å². The second-order valence-corrected chi connectivity index (χ2v) is 6.51. The molecule has 0 atom stereocenters. The molecule has 2 aromatic rings. The van der Waals surface area contributed by atoms with E-state index in [9.17, 15) is 13.6 Å². The van der Waals surface area contributed by atoms with Gasteiger partial charge in [0.1, 0.15) is 11.6 Å². The molecule has 0 bridgehead atoms. The molecule has 0 aliphatic carbocycles. The van der Waals surface area contributed by atoms with Crippen molar-refractivity contribution in [2.24, 2.45) is 0 Å². The lowest BCUT2D eigenvalue weighted by Crippen LogP contribution is -2.49. The molecule has 3 rings (SSSR count). The Balaban J connectivity index is 1.45. The molecule has 138 valence electrons. The standard InChI is InChI=1S/C20H23F2N3O/c1-15-3-2-4-17(13-15)24-9-11-25(12-10-24)20(26)7-8-23-19-6-5-16(21)14-18(19)22/h2-6,13-14,23H,7-12H2,1H3. The highest BCUT2D eigenvalue weighted by molar-refractivity contribution is 5.77. The lowest BCUT2D eigenvalue weighted by atomic mass is 10.2. The maximum atomic E-state index is 13.6. The van der Waals surface area contributed by atoms with E-state index in [0.717, 1.165) is 19.2 Å². The number of halogens is 2. The molecule has 0 saturated carbocycles. The average molecular weight is 359 g/mol. The van der Waals surface area contributed by atoms with Gasteiger partial charge < -0.3 is 15.1 Å². The lowest BCUT2D eigenvalue weighted by Gasteiger charge is -2.36. The molecule has 26 heavy (non-hydrogen) atoms. The predicted molar refractivity (Wildman–Crippen MR) is 99.4 cm³/mol. The third-order valence-corrected chi connectivity index (χ3v) is 4.58. The maximum Gasteiger partial charge on any atom is 0.224 e. The number of benzene rings is 2. The quantitative estimate of drug-likeness (QED) is 0.889. The van der Waals surface area contributed by atoms with Crippen LogP contribution in [0, 0.1) is 18.6 Å². The third-order valence-electron chi connectivity index (χ3n) is 4.58. The Morgan fingerprint density at radius 1 is 1.08 bits per heavy atom. The van der Waals surface area contributed by atoms with Crippen molar-refractivity contribution in [3.05, 3.63) is 59.7 Å². The molecule has 1 aliphatic heterocycles. The Bertz CT molecular complexity index is 773. The van der Waals surface area contributed by atoms with Crippen LogP contribution in [-0.4, -0.2) is 43.5 Å². The van der Waals surface area contributed by atoms with E-state index in [-0.39, 0.29) is 18.0 Å². The zero-order chi connectivity index (χ0) is 18.5. The van der Waals surface area contributed by atoms with E-state index in [0.29, 0.717) is 19.6 Å². The van der Waals surface area contributed by atoms with Crippen LogP contribution in [0.5, 0.6) is 0 Å². The van der Waals surface area contributed by atoms with Crippen LogP contribution >= 0.6 is 0 Å². The smallest absolute Gasteiger partial charge is 0.224 e. The summed E-state index contributed by atoms with van der Waals surface area (Å²) < 4.78 is 26.4. The molecule has 4 nitrogen and oxygen atoms in total. The maximum absolute atomic E-state index is 13.6. The van der Waals surface area contributed by atoms with Gasteiger partial charge in [0.15, 0.2) is 0 Å². The second-order valence-electron chi connectivity index (χ2n) is 6.51. The molecule has 1 saturated heterocycles. The van der Waals surface area contributed by atoms with Crippen LogP contribution < -0.4 is 10.2 Å². The summed E-state index contributed by atoms with van der Waals surface area (Å²) >= 11 is 0. The van der Waals surface area contributed by atoms with Gasteiger partial charge in [-0.05, 0) is 36.8 Å². The van der Waals surface area contributed by atoms with Crippen molar-refractivity contribution in [1.29, 1.82) is 0 Å². The van der Waals surface area contributed by atoms with Crippen molar-refractivity contribution < 1.29 is 13.6 Å². The van der Waals surface area contributed by atoms with Crippen LogP contribution in [0.3, 0.4) is 0 Å². The SMILES string of the molecule is Cc1cccc(N2CCN(C(=O)CCNc3ccc(F)cc3F)CC2)c1. The van der Waals surface area contributed by atoms with Gasteiger partial charge in [-0.25, -0.2) is 8.78 Å². The topological polar surface area (TPSA) is 35.6 Å². The van der Waals surface area contributed by atoms with Gasteiger partial charge in [-0.15, -0.1) is 0 Å². The van der Waals surface area contributed by atoms with Crippen LogP contribution in [0.2, 0.25) is 0 Å². The summed E-state index contributed by atoms with van der Waals surface area (Å²) in [6.45, 7) is 5.35. The van der Waals surface area contributed by atoms with E-state index in [1.54, 1.807) is 0 Å². The highest BCUT2D eigenvalue weighted by atomic mass is 19.1. The van der Waals surface area contributed by atoms with E-state index in [1.165, 1.54) is 23.4 Å². The van der Waals surface area contributed by atoms with Crippen molar-refractivity contribution in [2.45, 2.75) is 13.3 Å². The van der Waals surface area contributed by atoms with E-state index in [1.807, 2.05) is 11.0 Å². The van der Waals surface area contributed by atoms with Crippen LogP contribution in [0.25, 0.3) is 0 Å². The number of anilines is 2. The molecule has 1 fully saturated rings.